The van der Waals surface area contributed by atoms with E-state index in [2.05, 4.69) is 12.2 Å². The highest BCUT2D eigenvalue weighted by Crippen LogP contribution is 2.23. The largest absolute Gasteiger partial charge is 0.481 e. The van der Waals surface area contributed by atoms with E-state index in [1.54, 1.807) is 0 Å². The van der Waals surface area contributed by atoms with Crippen LogP contribution < -0.4 is 5.32 Å². The summed E-state index contributed by atoms with van der Waals surface area (Å²) in [5.41, 5.74) is 0. The second kappa shape index (κ2) is 15.5. The minimum atomic E-state index is -1.49. The van der Waals surface area contributed by atoms with Crippen LogP contribution in [0.3, 0.4) is 0 Å². The highest BCUT2D eigenvalue weighted by Gasteiger charge is 2.45. The number of carboxylic acid groups (broad SMARTS) is 1. The Morgan fingerprint density at radius 3 is 2.06 bits per heavy atom. The molecule has 0 aromatic heterocycles. The van der Waals surface area contributed by atoms with Crippen LogP contribution in [0.4, 0.5) is 0 Å². The van der Waals surface area contributed by atoms with Crippen molar-refractivity contribution in [3.05, 3.63) is 0 Å². The highest BCUT2D eigenvalue weighted by atomic mass is 16.5. The van der Waals surface area contributed by atoms with Crippen molar-refractivity contribution in [1.29, 1.82) is 0 Å². The van der Waals surface area contributed by atoms with Gasteiger partial charge in [-0.3, -0.25) is 9.59 Å². The smallest absolute Gasteiger partial charge is 0.306 e. The summed E-state index contributed by atoms with van der Waals surface area (Å²) < 4.78 is 5.36. The molecule has 0 aromatic carbocycles. The maximum Gasteiger partial charge on any atom is 0.306 e. The second-order valence-electron chi connectivity index (χ2n) is 8.54. The summed E-state index contributed by atoms with van der Waals surface area (Å²) in [6, 6.07) is -1.15. The summed E-state index contributed by atoms with van der Waals surface area (Å²) in [5.74, 6) is -1.75. The van der Waals surface area contributed by atoms with Gasteiger partial charge in [0.2, 0.25) is 5.91 Å². The molecule has 6 atom stereocenters. The number of hydrogen-bond donors (Lipinski definition) is 6. The standard InChI is InChI=1S/C22H41NO8/c1-2-3-4-5-6-7-8-9-10-11-15(25)12-18(26)23-20-16(13-19(27)28)31-17(14-24)21(29)22(20)30/h15-17,20-22,24-25,29-30H,2-14H2,1H3,(H,23,26)(H,27,28)/t15-,16-,17-,20+,21-,22-/m1/s1. The summed E-state index contributed by atoms with van der Waals surface area (Å²) in [7, 11) is 0. The van der Waals surface area contributed by atoms with Gasteiger partial charge < -0.3 is 35.6 Å². The van der Waals surface area contributed by atoms with Gasteiger partial charge in [0.1, 0.15) is 18.3 Å². The molecule has 0 bridgehead atoms. The minimum Gasteiger partial charge on any atom is -0.481 e. The Morgan fingerprint density at radius 2 is 1.52 bits per heavy atom. The number of carbonyl (C=O) groups is 2. The molecule has 0 spiro atoms. The van der Waals surface area contributed by atoms with E-state index in [-0.39, 0.29) is 6.42 Å². The van der Waals surface area contributed by atoms with Crippen LogP contribution in [-0.2, 0) is 14.3 Å². The summed E-state index contributed by atoms with van der Waals surface area (Å²) in [4.78, 5) is 23.4. The molecule has 1 rings (SSSR count). The Kier molecular flexibility index (Phi) is 13.9. The molecular formula is C22H41NO8. The van der Waals surface area contributed by atoms with Gasteiger partial charge in [-0.05, 0) is 6.42 Å². The van der Waals surface area contributed by atoms with Crippen molar-refractivity contribution < 1.29 is 39.9 Å². The Morgan fingerprint density at radius 1 is 0.935 bits per heavy atom. The summed E-state index contributed by atoms with van der Waals surface area (Å²) >= 11 is 0. The molecule has 0 radical (unpaired) electrons. The number of aliphatic hydroxyl groups is 4. The molecule has 0 aromatic rings. The molecule has 1 saturated heterocycles. The fourth-order valence-corrected chi connectivity index (χ4v) is 3.97. The number of hydrogen-bond acceptors (Lipinski definition) is 7. The lowest BCUT2D eigenvalue weighted by Crippen LogP contribution is -2.64. The van der Waals surface area contributed by atoms with Gasteiger partial charge in [0.05, 0.1) is 37.7 Å². The number of carboxylic acids is 1. The van der Waals surface area contributed by atoms with Crippen molar-refractivity contribution in [2.45, 2.75) is 121 Å². The monoisotopic (exact) mass is 447 g/mol. The molecule has 0 saturated carbocycles. The maximum absolute atomic E-state index is 12.3. The van der Waals surface area contributed by atoms with Gasteiger partial charge in [0.25, 0.3) is 0 Å². The number of carbonyl (C=O) groups excluding carboxylic acids is 1. The van der Waals surface area contributed by atoms with Crippen molar-refractivity contribution >= 4 is 11.9 Å². The number of nitrogens with one attached hydrogen (secondary N) is 1. The number of rotatable bonds is 16. The summed E-state index contributed by atoms with van der Waals surface area (Å²) in [5, 5.41) is 51.2. The fraction of sp³-hybridized carbons (Fsp3) is 0.909. The van der Waals surface area contributed by atoms with Crippen molar-refractivity contribution in [2.24, 2.45) is 0 Å². The number of amides is 1. The quantitative estimate of drug-likeness (QED) is 0.192. The zero-order valence-electron chi connectivity index (χ0n) is 18.6. The van der Waals surface area contributed by atoms with Crippen LogP contribution in [0.25, 0.3) is 0 Å². The molecule has 9 nitrogen and oxygen atoms in total. The molecular weight excluding hydrogens is 406 g/mol. The van der Waals surface area contributed by atoms with Crippen molar-refractivity contribution in [3.8, 4) is 0 Å². The summed E-state index contributed by atoms with van der Waals surface area (Å²) in [6.07, 6.45) is 4.19. The first-order chi connectivity index (χ1) is 14.8. The predicted molar refractivity (Wildman–Crippen MR) is 114 cm³/mol. The van der Waals surface area contributed by atoms with Gasteiger partial charge in [0, 0.05) is 0 Å². The zero-order valence-corrected chi connectivity index (χ0v) is 18.6. The number of aliphatic hydroxyl groups excluding tert-OH is 4. The molecule has 182 valence electrons. The minimum absolute atomic E-state index is 0.181. The van der Waals surface area contributed by atoms with Crippen LogP contribution in [-0.4, -0.2) is 80.6 Å². The molecule has 1 amide bonds. The molecule has 0 unspecified atom stereocenters. The first-order valence-corrected chi connectivity index (χ1v) is 11.6. The predicted octanol–water partition coefficient (Wildman–Crippen LogP) is 1.10. The average Bonchev–Trinajstić information content (AvgIpc) is 2.71. The third-order valence-electron chi connectivity index (χ3n) is 5.79. The van der Waals surface area contributed by atoms with Gasteiger partial charge in [-0.2, -0.15) is 0 Å². The van der Waals surface area contributed by atoms with Crippen LogP contribution in [0.2, 0.25) is 0 Å². The second-order valence-corrected chi connectivity index (χ2v) is 8.54. The van der Waals surface area contributed by atoms with E-state index in [0.717, 1.165) is 19.3 Å². The molecule has 1 aliphatic rings. The van der Waals surface area contributed by atoms with Crippen molar-refractivity contribution in [1.82, 2.24) is 5.32 Å². The van der Waals surface area contributed by atoms with E-state index < -0.39 is 61.5 Å². The number of ether oxygens (including phenoxy) is 1. The van der Waals surface area contributed by atoms with Crippen LogP contribution in [0.15, 0.2) is 0 Å². The lowest BCUT2D eigenvalue weighted by atomic mass is 9.91. The lowest BCUT2D eigenvalue weighted by Gasteiger charge is -2.42. The molecule has 1 fully saturated rings. The highest BCUT2D eigenvalue weighted by molar-refractivity contribution is 5.77. The van der Waals surface area contributed by atoms with Gasteiger partial charge >= 0.3 is 5.97 Å². The van der Waals surface area contributed by atoms with E-state index >= 15 is 0 Å². The van der Waals surface area contributed by atoms with Crippen molar-refractivity contribution in [2.75, 3.05) is 6.61 Å². The first-order valence-electron chi connectivity index (χ1n) is 11.6. The van der Waals surface area contributed by atoms with E-state index in [4.69, 9.17) is 9.84 Å². The average molecular weight is 448 g/mol. The SMILES string of the molecule is CCCCCCCCCCC[C@@H](O)CC(=O)N[C@@H]1[C@@H](O)[C@H](O)[C@@H](CO)O[C@@H]1CC(=O)O. The molecule has 31 heavy (non-hydrogen) atoms. The topological polar surface area (TPSA) is 157 Å². The van der Waals surface area contributed by atoms with Gasteiger partial charge in [-0.15, -0.1) is 0 Å². The molecule has 0 aliphatic carbocycles. The van der Waals surface area contributed by atoms with E-state index in [1.807, 2.05) is 0 Å². The van der Waals surface area contributed by atoms with Crippen LogP contribution >= 0.6 is 0 Å². The molecule has 1 aliphatic heterocycles. The molecule has 6 N–H and O–H groups in total. The van der Waals surface area contributed by atoms with E-state index in [1.165, 1.54) is 38.5 Å². The number of unbranched alkanes of at least 4 members (excludes halogenated alkanes) is 8. The zero-order chi connectivity index (χ0) is 23.2. The third-order valence-corrected chi connectivity index (χ3v) is 5.79. The Labute approximate surface area is 184 Å². The third kappa shape index (κ3) is 10.7. The van der Waals surface area contributed by atoms with Crippen LogP contribution in [0.1, 0.15) is 84.0 Å². The van der Waals surface area contributed by atoms with E-state index in [0.29, 0.717) is 6.42 Å². The Hall–Kier alpha value is -1.26. The summed E-state index contributed by atoms with van der Waals surface area (Å²) in [6.45, 7) is 1.60. The number of aliphatic carboxylic acids is 1. The van der Waals surface area contributed by atoms with E-state index in [9.17, 15) is 30.0 Å². The normalized spacial score (nSPS) is 27.1. The molecule has 9 heteroatoms. The van der Waals surface area contributed by atoms with Crippen LogP contribution in [0.5, 0.6) is 0 Å². The lowest BCUT2D eigenvalue weighted by molar-refractivity contribution is -0.199. The Bertz CT molecular complexity index is 518. The maximum atomic E-state index is 12.3. The fourth-order valence-electron chi connectivity index (χ4n) is 3.97. The van der Waals surface area contributed by atoms with Crippen molar-refractivity contribution in [3.63, 3.8) is 0 Å². The van der Waals surface area contributed by atoms with Gasteiger partial charge in [-0.25, -0.2) is 0 Å². The first kappa shape index (κ1) is 27.8. The Balaban J connectivity index is 2.35. The van der Waals surface area contributed by atoms with Crippen LogP contribution in [0, 0.1) is 0 Å². The van der Waals surface area contributed by atoms with Gasteiger partial charge in [-0.1, -0.05) is 64.7 Å². The molecule has 1 heterocycles. The van der Waals surface area contributed by atoms with Gasteiger partial charge in [0.15, 0.2) is 0 Å².